The Bertz CT molecular complexity index is 276. The maximum absolute atomic E-state index is 12.1. The standard InChI is InChI=1S/C9H17NO3S/c11-14(12,9-3-1-2-4-9)10-5-7-13-8-6-10/h9H,1-8H2. The molecule has 2 rings (SSSR count). The first-order valence-corrected chi connectivity index (χ1v) is 6.78. The second kappa shape index (κ2) is 4.16. The molecular formula is C9H17NO3S. The summed E-state index contributed by atoms with van der Waals surface area (Å²) in [5.74, 6) is 0. The first kappa shape index (κ1) is 10.4. The van der Waals surface area contributed by atoms with Crippen molar-refractivity contribution in [2.24, 2.45) is 0 Å². The molecule has 2 aliphatic rings. The van der Waals surface area contributed by atoms with E-state index in [-0.39, 0.29) is 5.25 Å². The van der Waals surface area contributed by atoms with Gasteiger partial charge in [0.05, 0.1) is 18.5 Å². The summed E-state index contributed by atoms with van der Waals surface area (Å²) < 4.78 is 30.9. The second-order valence-corrected chi connectivity index (χ2v) is 6.18. The number of hydrogen-bond donors (Lipinski definition) is 0. The van der Waals surface area contributed by atoms with Crippen LogP contribution in [-0.4, -0.2) is 44.3 Å². The molecule has 1 saturated carbocycles. The van der Waals surface area contributed by atoms with Crippen LogP contribution < -0.4 is 0 Å². The predicted molar refractivity (Wildman–Crippen MR) is 53.6 cm³/mol. The molecule has 0 aromatic heterocycles. The largest absolute Gasteiger partial charge is 0.379 e. The minimum absolute atomic E-state index is 0.111. The highest BCUT2D eigenvalue weighted by Crippen LogP contribution is 2.27. The SMILES string of the molecule is O=S(=O)(C1CCCC1)N1CCOCC1. The molecule has 0 atom stereocenters. The molecule has 1 aliphatic heterocycles. The predicted octanol–water partition coefficient (Wildman–Crippen LogP) is 0.591. The average Bonchev–Trinajstić information content (AvgIpc) is 2.72. The molecule has 0 unspecified atom stereocenters. The number of rotatable bonds is 2. The number of hydrogen-bond acceptors (Lipinski definition) is 3. The Hall–Kier alpha value is -0.130. The molecule has 14 heavy (non-hydrogen) atoms. The summed E-state index contributed by atoms with van der Waals surface area (Å²) in [5.41, 5.74) is 0. The molecule has 0 N–H and O–H groups in total. The van der Waals surface area contributed by atoms with Crippen LogP contribution >= 0.6 is 0 Å². The van der Waals surface area contributed by atoms with Gasteiger partial charge in [-0.2, -0.15) is 4.31 Å². The summed E-state index contributed by atoms with van der Waals surface area (Å²) in [6.45, 7) is 2.18. The molecule has 1 aliphatic carbocycles. The molecule has 1 heterocycles. The summed E-state index contributed by atoms with van der Waals surface area (Å²) in [6.07, 6.45) is 3.82. The Kier molecular flexibility index (Phi) is 3.09. The highest BCUT2D eigenvalue weighted by molar-refractivity contribution is 7.89. The van der Waals surface area contributed by atoms with Crippen LogP contribution in [0.3, 0.4) is 0 Å². The number of morpholine rings is 1. The smallest absolute Gasteiger partial charge is 0.217 e. The van der Waals surface area contributed by atoms with Crippen molar-refractivity contribution in [3.05, 3.63) is 0 Å². The molecule has 0 radical (unpaired) electrons. The van der Waals surface area contributed by atoms with E-state index in [0.717, 1.165) is 25.7 Å². The minimum Gasteiger partial charge on any atom is -0.379 e. The Morgan fingerprint density at radius 2 is 1.64 bits per heavy atom. The van der Waals surface area contributed by atoms with Gasteiger partial charge in [0.15, 0.2) is 0 Å². The van der Waals surface area contributed by atoms with E-state index in [9.17, 15) is 8.42 Å². The van der Waals surface area contributed by atoms with Gasteiger partial charge in [-0.15, -0.1) is 0 Å². The van der Waals surface area contributed by atoms with Crippen LogP contribution in [0.2, 0.25) is 0 Å². The second-order valence-electron chi connectivity index (χ2n) is 3.96. The van der Waals surface area contributed by atoms with E-state index < -0.39 is 10.0 Å². The maximum Gasteiger partial charge on any atom is 0.217 e. The Morgan fingerprint density at radius 3 is 2.21 bits per heavy atom. The molecule has 82 valence electrons. The number of sulfonamides is 1. The molecule has 2 fully saturated rings. The van der Waals surface area contributed by atoms with Crippen LogP contribution in [0.1, 0.15) is 25.7 Å². The van der Waals surface area contributed by atoms with Gasteiger partial charge in [0.1, 0.15) is 0 Å². The van der Waals surface area contributed by atoms with Crippen molar-refractivity contribution in [3.63, 3.8) is 0 Å². The average molecular weight is 219 g/mol. The maximum atomic E-state index is 12.1. The van der Waals surface area contributed by atoms with E-state index in [2.05, 4.69) is 0 Å². The van der Waals surface area contributed by atoms with Gasteiger partial charge < -0.3 is 4.74 Å². The van der Waals surface area contributed by atoms with E-state index in [4.69, 9.17) is 4.74 Å². The lowest BCUT2D eigenvalue weighted by Gasteiger charge is -2.28. The van der Waals surface area contributed by atoms with Crippen LogP contribution in [0.5, 0.6) is 0 Å². The summed E-state index contributed by atoms with van der Waals surface area (Å²) in [7, 11) is -3.01. The zero-order chi connectivity index (χ0) is 10.0. The Labute approximate surface area is 85.3 Å². The molecule has 1 saturated heterocycles. The van der Waals surface area contributed by atoms with E-state index in [1.54, 1.807) is 4.31 Å². The molecule has 0 aromatic rings. The molecule has 0 bridgehead atoms. The van der Waals surface area contributed by atoms with Crippen LogP contribution in [-0.2, 0) is 14.8 Å². The third-order valence-electron chi connectivity index (χ3n) is 3.05. The number of nitrogens with zero attached hydrogens (tertiary/aromatic N) is 1. The minimum atomic E-state index is -3.01. The van der Waals surface area contributed by atoms with Crippen LogP contribution in [0.4, 0.5) is 0 Å². The third-order valence-corrected chi connectivity index (χ3v) is 5.45. The lowest BCUT2D eigenvalue weighted by Crippen LogP contribution is -2.44. The monoisotopic (exact) mass is 219 g/mol. The molecule has 5 heteroatoms. The van der Waals surface area contributed by atoms with Gasteiger partial charge in [0, 0.05) is 13.1 Å². The molecule has 0 spiro atoms. The van der Waals surface area contributed by atoms with Crippen molar-refractivity contribution >= 4 is 10.0 Å². The Morgan fingerprint density at radius 1 is 1.07 bits per heavy atom. The zero-order valence-electron chi connectivity index (χ0n) is 8.31. The lowest BCUT2D eigenvalue weighted by molar-refractivity contribution is 0.0726. The summed E-state index contributed by atoms with van der Waals surface area (Å²) >= 11 is 0. The Balaban J connectivity index is 2.05. The van der Waals surface area contributed by atoms with Crippen molar-refractivity contribution < 1.29 is 13.2 Å². The summed E-state index contributed by atoms with van der Waals surface area (Å²) in [6, 6.07) is 0. The van der Waals surface area contributed by atoms with Gasteiger partial charge in [-0.05, 0) is 12.8 Å². The van der Waals surface area contributed by atoms with Gasteiger partial charge in [-0.25, -0.2) is 8.42 Å². The van der Waals surface area contributed by atoms with Crippen LogP contribution in [0, 0.1) is 0 Å². The van der Waals surface area contributed by atoms with E-state index >= 15 is 0 Å². The first-order valence-electron chi connectivity index (χ1n) is 5.28. The number of ether oxygens (including phenoxy) is 1. The fourth-order valence-electron chi connectivity index (χ4n) is 2.20. The molecular weight excluding hydrogens is 202 g/mol. The topological polar surface area (TPSA) is 46.6 Å². The molecule has 0 aromatic carbocycles. The van der Waals surface area contributed by atoms with Crippen molar-refractivity contribution in [3.8, 4) is 0 Å². The lowest BCUT2D eigenvalue weighted by atomic mass is 10.4. The zero-order valence-corrected chi connectivity index (χ0v) is 9.13. The fraction of sp³-hybridized carbons (Fsp3) is 1.00. The van der Waals surface area contributed by atoms with E-state index in [0.29, 0.717) is 26.3 Å². The quantitative estimate of drug-likeness (QED) is 0.683. The van der Waals surface area contributed by atoms with E-state index in [1.807, 2.05) is 0 Å². The molecule has 0 amide bonds. The third kappa shape index (κ3) is 1.94. The highest BCUT2D eigenvalue weighted by Gasteiger charge is 2.34. The van der Waals surface area contributed by atoms with Crippen molar-refractivity contribution in [1.29, 1.82) is 0 Å². The normalized spacial score (nSPS) is 26.9. The van der Waals surface area contributed by atoms with Crippen molar-refractivity contribution in [1.82, 2.24) is 4.31 Å². The van der Waals surface area contributed by atoms with Crippen molar-refractivity contribution in [2.45, 2.75) is 30.9 Å². The van der Waals surface area contributed by atoms with Gasteiger partial charge in [0.25, 0.3) is 0 Å². The van der Waals surface area contributed by atoms with Crippen LogP contribution in [0.15, 0.2) is 0 Å². The first-order chi connectivity index (χ1) is 6.71. The van der Waals surface area contributed by atoms with Crippen molar-refractivity contribution in [2.75, 3.05) is 26.3 Å². The summed E-state index contributed by atoms with van der Waals surface area (Å²) in [5, 5.41) is -0.111. The van der Waals surface area contributed by atoms with Gasteiger partial charge in [-0.3, -0.25) is 0 Å². The molecule has 4 nitrogen and oxygen atoms in total. The van der Waals surface area contributed by atoms with Gasteiger partial charge >= 0.3 is 0 Å². The van der Waals surface area contributed by atoms with Gasteiger partial charge in [0.2, 0.25) is 10.0 Å². The van der Waals surface area contributed by atoms with E-state index in [1.165, 1.54) is 0 Å². The van der Waals surface area contributed by atoms with Crippen LogP contribution in [0.25, 0.3) is 0 Å². The van der Waals surface area contributed by atoms with Gasteiger partial charge in [-0.1, -0.05) is 12.8 Å². The summed E-state index contributed by atoms with van der Waals surface area (Å²) in [4.78, 5) is 0. The highest BCUT2D eigenvalue weighted by atomic mass is 32.2. The fourth-order valence-corrected chi connectivity index (χ4v) is 4.21.